The van der Waals surface area contributed by atoms with Gasteiger partial charge in [0.15, 0.2) is 0 Å². The molecule has 31 heavy (non-hydrogen) atoms. The second-order valence-electron chi connectivity index (χ2n) is 8.46. The van der Waals surface area contributed by atoms with E-state index in [-0.39, 0.29) is 24.1 Å². The summed E-state index contributed by atoms with van der Waals surface area (Å²) in [6.45, 7) is 3.22. The van der Waals surface area contributed by atoms with Gasteiger partial charge in [-0.25, -0.2) is 4.39 Å². The maximum absolute atomic E-state index is 13.9. The number of rotatable bonds is 6. The van der Waals surface area contributed by atoms with Gasteiger partial charge in [0.1, 0.15) is 5.82 Å². The highest BCUT2D eigenvalue weighted by Gasteiger charge is 2.34. The average Bonchev–Trinajstić information content (AvgIpc) is 2.79. The van der Waals surface area contributed by atoms with Gasteiger partial charge in [-0.05, 0) is 48.4 Å². The van der Waals surface area contributed by atoms with Crippen LogP contribution in [0.25, 0.3) is 0 Å². The number of nitrogens with zero attached hydrogens (tertiary/aromatic N) is 3. The van der Waals surface area contributed by atoms with E-state index in [2.05, 4.69) is 15.2 Å². The Morgan fingerprint density at radius 3 is 2.68 bits per heavy atom. The fraction of sp³-hybridized carbons (Fsp3) is 0.458. The molecule has 0 saturated carbocycles. The standard InChI is InChI=1S/C24H29FN4O2/c25-21-6-2-1-5-20(21)14-18-7-11-28(12-8-18)23(30)15-22-24(31)27-10-13-29(22)17-19-4-3-9-26-16-19/h1-6,9,16,18,22H,7-8,10-15,17H2,(H,27,31). The zero-order chi connectivity index (χ0) is 21.6. The number of amides is 2. The molecular formula is C24H29FN4O2. The molecule has 4 rings (SSSR count). The summed E-state index contributed by atoms with van der Waals surface area (Å²) in [6.07, 6.45) is 6.13. The molecule has 0 spiro atoms. The van der Waals surface area contributed by atoms with Crippen LogP contribution in [-0.4, -0.2) is 58.8 Å². The third-order valence-electron chi connectivity index (χ3n) is 6.35. The molecule has 2 aromatic rings. The quantitative estimate of drug-likeness (QED) is 0.773. The number of benzene rings is 1. The second kappa shape index (κ2) is 10.0. The van der Waals surface area contributed by atoms with Crippen LogP contribution in [0.1, 0.15) is 30.4 Å². The molecule has 164 valence electrons. The first kappa shape index (κ1) is 21.4. The molecule has 2 fully saturated rings. The van der Waals surface area contributed by atoms with Crippen molar-refractivity contribution in [2.45, 2.75) is 38.3 Å². The van der Waals surface area contributed by atoms with Crippen LogP contribution in [0.4, 0.5) is 4.39 Å². The Kier molecular flexibility index (Phi) is 6.92. The van der Waals surface area contributed by atoms with Crippen LogP contribution in [0, 0.1) is 11.7 Å². The number of piperidine rings is 1. The van der Waals surface area contributed by atoms with E-state index in [1.807, 2.05) is 29.2 Å². The molecule has 1 atom stereocenters. The highest BCUT2D eigenvalue weighted by molar-refractivity contribution is 5.88. The molecule has 2 aliphatic heterocycles. The predicted octanol–water partition coefficient (Wildman–Crippen LogP) is 2.39. The Morgan fingerprint density at radius 2 is 1.94 bits per heavy atom. The van der Waals surface area contributed by atoms with Gasteiger partial charge in [0, 0.05) is 45.1 Å². The van der Waals surface area contributed by atoms with E-state index in [1.54, 1.807) is 18.5 Å². The van der Waals surface area contributed by atoms with Crippen LogP contribution >= 0.6 is 0 Å². The Labute approximate surface area is 182 Å². The van der Waals surface area contributed by atoms with Gasteiger partial charge in [0.2, 0.25) is 11.8 Å². The number of carbonyl (C=O) groups excluding carboxylic acids is 2. The van der Waals surface area contributed by atoms with Crippen LogP contribution in [0.15, 0.2) is 48.8 Å². The fourth-order valence-corrected chi connectivity index (χ4v) is 4.56. The van der Waals surface area contributed by atoms with E-state index in [0.717, 1.165) is 24.0 Å². The summed E-state index contributed by atoms with van der Waals surface area (Å²) in [4.78, 5) is 33.6. The van der Waals surface area contributed by atoms with Crippen molar-refractivity contribution in [1.82, 2.24) is 20.1 Å². The van der Waals surface area contributed by atoms with E-state index >= 15 is 0 Å². The van der Waals surface area contributed by atoms with Gasteiger partial charge in [-0.3, -0.25) is 19.5 Å². The van der Waals surface area contributed by atoms with Crippen molar-refractivity contribution in [1.29, 1.82) is 0 Å². The first-order valence-electron chi connectivity index (χ1n) is 11.0. The molecule has 0 radical (unpaired) electrons. The Morgan fingerprint density at radius 1 is 1.13 bits per heavy atom. The van der Waals surface area contributed by atoms with Crippen LogP contribution in [0.3, 0.4) is 0 Å². The SMILES string of the molecule is O=C1NCCN(Cc2cccnc2)C1CC(=O)N1CCC(Cc2ccccc2F)CC1. The average molecular weight is 425 g/mol. The summed E-state index contributed by atoms with van der Waals surface area (Å²) < 4.78 is 13.9. The van der Waals surface area contributed by atoms with E-state index in [4.69, 9.17) is 0 Å². The fourth-order valence-electron chi connectivity index (χ4n) is 4.56. The lowest BCUT2D eigenvalue weighted by Crippen LogP contribution is -2.56. The molecule has 0 bridgehead atoms. The van der Waals surface area contributed by atoms with E-state index in [9.17, 15) is 14.0 Å². The van der Waals surface area contributed by atoms with Crippen molar-refractivity contribution in [2.24, 2.45) is 5.92 Å². The molecule has 7 heteroatoms. The van der Waals surface area contributed by atoms with Crippen molar-refractivity contribution < 1.29 is 14.0 Å². The molecule has 3 heterocycles. The second-order valence-corrected chi connectivity index (χ2v) is 8.46. The van der Waals surface area contributed by atoms with E-state index in [1.165, 1.54) is 6.07 Å². The summed E-state index contributed by atoms with van der Waals surface area (Å²) in [5.41, 5.74) is 1.78. The van der Waals surface area contributed by atoms with Crippen LogP contribution in [0.2, 0.25) is 0 Å². The lowest BCUT2D eigenvalue weighted by Gasteiger charge is -2.37. The number of hydrogen-bond donors (Lipinski definition) is 1. The molecular weight excluding hydrogens is 395 g/mol. The van der Waals surface area contributed by atoms with Gasteiger partial charge in [0.05, 0.1) is 12.5 Å². The number of hydrogen-bond acceptors (Lipinski definition) is 4. The number of pyridine rings is 1. The first-order valence-corrected chi connectivity index (χ1v) is 11.0. The number of halogens is 1. The third kappa shape index (κ3) is 5.47. The molecule has 2 saturated heterocycles. The molecule has 2 amide bonds. The van der Waals surface area contributed by atoms with Gasteiger partial charge < -0.3 is 10.2 Å². The van der Waals surface area contributed by atoms with Crippen LogP contribution in [0.5, 0.6) is 0 Å². The number of piperazine rings is 1. The number of aromatic nitrogens is 1. The molecule has 0 aliphatic carbocycles. The van der Waals surface area contributed by atoms with Gasteiger partial charge in [-0.15, -0.1) is 0 Å². The third-order valence-corrected chi connectivity index (χ3v) is 6.35. The minimum Gasteiger partial charge on any atom is -0.353 e. The molecule has 6 nitrogen and oxygen atoms in total. The summed E-state index contributed by atoms with van der Waals surface area (Å²) in [5, 5.41) is 2.89. The number of carbonyl (C=O) groups is 2. The van der Waals surface area contributed by atoms with Crippen molar-refractivity contribution in [3.05, 3.63) is 65.7 Å². The van der Waals surface area contributed by atoms with E-state index in [0.29, 0.717) is 45.1 Å². The summed E-state index contributed by atoms with van der Waals surface area (Å²) in [6, 6.07) is 10.3. The normalized spacial score (nSPS) is 20.5. The summed E-state index contributed by atoms with van der Waals surface area (Å²) in [7, 11) is 0. The molecule has 2 aliphatic rings. The highest BCUT2D eigenvalue weighted by atomic mass is 19.1. The van der Waals surface area contributed by atoms with Crippen LogP contribution < -0.4 is 5.32 Å². The van der Waals surface area contributed by atoms with Gasteiger partial charge in [-0.1, -0.05) is 24.3 Å². The zero-order valence-corrected chi connectivity index (χ0v) is 17.7. The largest absolute Gasteiger partial charge is 0.353 e. The smallest absolute Gasteiger partial charge is 0.237 e. The molecule has 1 unspecified atom stereocenters. The number of nitrogens with one attached hydrogen (secondary N) is 1. The van der Waals surface area contributed by atoms with Crippen molar-refractivity contribution in [2.75, 3.05) is 26.2 Å². The topological polar surface area (TPSA) is 65.5 Å². The minimum absolute atomic E-state index is 0.0163. The van der Waals surface area contributed by atoms with Gasteiger partial charge in [-0.2, -0.15) is 0 Å². The summed E-state index contributed by atoms with van der Waals surface area (Å²) >= 11 is 0. The first-order chi connectivity index (χ1) is 15.1. The highest BCUT2D eigenvalue weighted by Crippen LogP contribution is 2.24. The zero-order valence-electron chi connectivity index (χ0n) is 17.7. The lowest BCUT2D eigenvalue weighted by molar-refractivity contribution is -0.140. The Balaban J connectivity index is 1.31. The maximum Gasteiger partial charge on any atom is 0.237 e. The van der Waals surface area contributed by atoms with Gasteiger partial charge >= 0.3 is 0 Å². The lowest BCUT2D eigenvalue weighted by atomic mass is 9.89. The Bertz CT molecular complexity index is 899. The molecule has 1 N–H and O–H groups in total. The predicted molar refractivity (Wildman–Crippen MR) is 115 cm³/mol. The van der Waals surface area contributed by atoms with Crippen molar-refractivity contribution in [3.63, 3.8) is 0 Å². The minimum atomic E-state index is -0.461. The van der Waals surface area contributed by atoms with E-state index < -0.39 is 6.04 Å². The molecule has 1 aromatic heterocycles. The monoisotopic (exact) mass is 424 g/mol. The maximum atomic E-state index is 13.9. The van der Waals surface area contributed by atoms with Crippen molar-refractivity contribution in [3.8, 4) is 0 Å². The van der Waals surface area contributed by atoms with Gasteiger partial charge in [0.25, 0.3) is 0 Å². The number of likely N-dealkylation sites (tertiary alicyclic amines) is 1. The molecule has 1 aromatic carbocycles. The van der Waals surface area contributed by atoms with Crippen LogP contribution in [-0.2, 0) is 22.6 Å². The van der Waals surface area contributed by atoms with Crippen molar-refractivity contribution >= 4 is 11.8 Å². The summed E-state index contributed by atoms with van der Waals surface area (Å²) in [5.74, 6) is 0.152. The Hall–Kier alpha value is -2.80.